The van der Waals surface area contributed by atoms with Gasteiger partial charge in [0, 0.05) is 23.7 Å². The molecular weight excluding hydrogens is 256 g/mol. The van der Waals surface area contributed by atoms with Gasteiger partial charge in [-0.3, -0.25) is 4.90 Å². The van der Waals surface area contributed by atoms with Gasteiger partial charge in [-0.25, -0.2) is 0 Å². The second-order valence-corrected chi connectivity index (χ2v) is 6.81. The van der Waals surface area contributed by atoms with E-state index in [2.05, 4.69) is 24.1 Å². The number of hydrogen-bond acceptors (Lipinski definition) is 2. The minimum Gasteiger partial charge on any atom is -0.329 e. The van der Waals surface area contributed by atoms with Crippen molar-refractivity contribution >= 4 is 11.6 Å². The first kappa shape index (κ1) is 13.4. The van der Waals surface area contributed by atoms with Crippen LogP contribution in [0.3, 0.4) is 0 Å². The SMILES string of the molecule is CN(Cc1cccc(Cl)c1)C1(CN)CC2CCC1C2. The quantitative estimate of drug-likeness (QED) is 0.916. The highest BCUT2D eigenvalue weighted by Crippen LogP contribution is 2.52. The van der Waals surface area contributed by atoms with Crippen LogP contribution in [-0.2, 0) is 6.54 Å². The van der Waals surface area contributed by atoms with Gasteiger partial charge < -0.3 is 5.73 Å². The molecule has 0 spiro atoms. The molecule has 3 heteroatoms. The third-order valence-electron chi connectivity index (χ3n) is 5.37. The molecule has 0 heterocycles. The first-order valence-electron chi connectivity index (χ1n) is 7.30. The Morgan fingerprint density at radius 3 is 2.84 bits per heavy atom. The summed E-state index contributed by atoms with van der Waals surface area (Å²) in [4.78, 5) is 2.49. The van der Waals surface area contributed by atoms with Crippen LogP contribution >= 0.6 is 11.6 Å². The third-order valence-corrected chi connectivity index (χ3v) is 5.60. The lowest BCUT2D eigenvalue weighted by Crippen LogP contribution is -2.55. The van der Waals surface area contributed by atoms with Gasteiger partial charge in [0.05, 0.1) is 0 Å². The van der Waals surface area contributed by atoms with Crippen LogP contribution in [0.4, 0.5) is 0 Å². The van der Waals surface area contributed by atoms with Crippen LogP contribution in [0.5, 0.6) is 0 Å². The van der Waals surface area contributed by atoms with E-state index in [1.165, 1.54) is 31.2 Å². The summed E-state index contributed by atoms with van der Waals surface area (Å²) in [6, 6.07) is 8.18. The van der Waals surface area contributed by atoms with Crippen LogP contribution in [0.15, 0.2) is 24.3 Å². The zero-order valence-electron chi connectivity index (χ0n) is 11.6. The minimum atomic E-state index is 0.227. The first-order valence-corrected chi connectivity index (χ1v) is 7.67. The van der Waals surface area contributed by atoms with Crippen molar-refractivity contribution < 1.29 is 0 Å². The highest BCUT2D eigenvalue weighted by atomic mass is 35.5. The average Bonchev–Trinajstić information content (AvgIpc) is 2.99. The molecule has 3 unspecified atom stereocenters. The summed E-state index contributed by atoms with van der Waals surface area (Å²) >= 11 is 6.08. The summed E-state index contributed by atoms with van der Waals surface area (Å²) < 4.78 is 0. The summed E-state index contributed by atoms with van der Waals surface area (Å²) in [6.07, 6.45) is 5.45. The molecule has 0 saturated heterocycles. The number of nitrogens with two attached hydrogens (primary N) is 1. The second kappa shape index (κ2) is 5.08. The standard InChI is InChI=1S/C16H23ClN2/c1-19(10-13-3-2-4-15(17)8-13)16(11-18)9-12-5-6-14(16)7-12/h2-4,8,12,14H,5-7,9-11,18H2,1H3. The molecule has 2 aliphatic rings. The summed E-state index contributed by atoms with van der Waals surface area (Å²) in [7, 11) is 2.23. The number of fused-ring (bicyclic) bond motifs is 2. The Morgan fingerprint density at radius 2 is 2.26 bits per heavy atom. The molecule has 0 radical (unpaired) electrons. The average molecular weight is 279 g/mol. The maximum absolute atomic E-state index is 6.17. The van der Waals surface area contributed by atoms with Gasteiger partial charge in [-0.1, -0.05) is 30.2 Å². The van der Waals surface area contributed by atoms with Crippen molar-refractivity contribution in [3.63, 3.8) is 0 Å². The molecular formula is C16H23ClN2. The number of nitrogens with zero attached hydrogens (tertiary/aromatic N) is 1. The molecule has 2 aliphatic carbocycles. The van der Waals surface area contributed by atoms with Crippen LogP contribution in [-0.4, -0.2) is 24.0 Å². The largest absolute Gasteiger partial charge is 0.329 e. The van der Waals surface area contributed by atoms with Gasteiger partial charge in [0.1, 0.15) is 0 Å². The van der Waals surface area contributed by atoms with Crippen molar-refractivity contribution in [2.24, 2.45) is 17.6 Å². The molecule has 2 N–H and O–H groups in total. The van der Waals surface area contributed by atoms with Crippen LogP contribution in [0.1, 0.15) is 31.2 Å². The van der Waals surface area contributed by atoms with Crippen molar-refractivity contribution in [3.8, 4) is 0 Å². The smallest absolute Gasteiger partial charge is 0.0409 e. The number of likely N-dealkylation sites (N-methyl/N-ethyl adjacent to an activating group) is 1. The summed E-state index contributed by atoms with van der Waals surface area (Å²) in [5.41, 5.74) is 7.68. The van der Waals surface area contributed by atoms with E-state index in [9.17, 15) is 0 Å². The molecule has 2 saturated carbocycles. The monoisotopic (exact) mass is 278 g/mol. The molecule has 2 bridgehead atoms. The van der Waals surface area contributed by atoms with E-state index in [4.69, 9.17) is 17.3 Å². The number of hydrogen-bond donors (Lipinski definition) is 1. The fourth-order valence-electron chi connectivity index (χ4n) is 4.35. The van der Waals surface area contributed by atoms with Crippen molar-refractivity contribution in [3.05, 3.63) is 34.9 Å². The Kier molecular flexibility index (Phi) is 3.59. The van der Waals surface area contributed by atoms with Gasteiger partial charge in [0.15, 0.2) is 0 Å². The molecule has 1 aromatic rings. The lowest BCUT2D eigenvalue weighted by molar-refractivity contribution is 0.0591. The Hall–Kier alpha value is -0.570. The summed E-state index contributed by atoms with van der Waals surface area (Å²) in [5, 5.41) is 0.820. The molecule has 2 fully saturated rings. The van der Waals surface area contributed by atoms with E-state index in [1.54, 1.807) is 0 Å². The van der Waals surface area contributed by atoms with Crippen LogP contribution in [0.2, 0.25) is 5.02 Å². The topological polar surface area (TPSA) is 29.3 Å². The molecule has 2 nitrogen and oxygen atoms in total. The molecule has 104 valence electrons. The Labute approximate surface area is 120 Å². The zero-order chi connectivity index (χ0) is 13.5. The van der Waals surface area contributed by atoms with Crippen LogP contribution in [0.25, 0.3) is 0 Å². The van der Waals surface area contributed by atoms with Crippen LogP contribution < -0.4 is 5.73 Å². The lowest BCUT2D eigenvalue weighted by atomic mass is 9.79. The fourth-order valence-corrected chi connectivity index (χ4v) is 4.57. The first-order chi connectivity index (χ1) is 9.14. The zero-order valence-corrected chi connectivity index (χ0v) is 12.4. The predicted molar refractivity (Wildman–Crippen MR) is 80.2 cm³/mol. The van der Waals surface area contributed by atoms with Crippen molar-refractivity contribution in [2.45, 2.75) is 37.8 Å². The predicted octanol–water partition coefficient (Wildman–Crippen LogP) is 3.29. The van der Waals surface area contributed by atoms with Crippen molar-refractivity contribution in [2.75, 3.05) is 13.6 Å². The van der Waals surface area contributed by atoms with Gasteiger partial charge >= 0.3 is 0 Å². The van der Waals surface area contributed by atoms with Crippen LogP contribution in [0, 0.1) is 11.8 Å². The maximum atomic E-state index is 6.17. The summed E-state index contributed by atoms with van der Waals surface area (Å²) in [5.74, 6) is 1.71. The van der Waals surface area contributed by atoms with E-state index in [0.29, 0.717) is 0 Å². The molecule has 1 aromatic carbocycles. The number of benzene rings is 1. The van der Waals surface area contributed by atoms with E-state index in [-0.39, 0.29) is 5.54 Å². The van der Waals surface area contributed by atoms with E-state index in [0.717, 1.165) is 29.9 Å². The fraction of sp³-hybridized carbons (Fsp3) is 0.625. The highest BCUT2D eigenvalue weighted by Gasteiger charge is 2.52. The Balaban J connectivity index is 1.77. The second-order valence-electron chi connectivity index (χ2n) is 6.37. The molecule has 3 rings (SSSR count). The molecule has 0 aromatic heterocycles. The normalized spacial score (nSPS) is 33.3. The maximum Gasteiger partial charge on any atom is 0.0409 e. The van der Waals surface area contributed by atoms with Gasteiger partial charge in [-0.2, -0.15) is 0 Å². The molecule has 19 heavy (non-hydrogen) atoms. The Morgan fingerprint density at radius 1 is 1.42 bits per heavy atom. The minimum absolute atomic E-state index is 0.227. The van der Waals surface area contributed by atoms with Gasteiger partial charge in [-0.05, 0) is 55.8 Å². The van der Waals surface area contributed by atoms with E-state index >= 15 is 0 Å². The Bertz CT molecular complexity index is 462. The van der Waals surface area contributed by atoms with Crippen molar-refractivity contribution in [1.29, 1.82) is 0 Å². The summed E-state index contributed by atoms with van der Waals surface area (Å²) in [6.45, 7) is 1.73. The molecule has 0 amide bonds. The van der Waals surface area contributed by atoms with Gasteiger partial charge in [0.25, 0.3) is 0 Å². The van der Waals surface area contributed by atoms with Crippen molar-refractivity contribution in [1.82, 2.24) is 4.90 Å². The van der Waals surface area contributed by atoms with E-state index in [1.807, 2.05) is 12.1 Å². The highest BCUT2D eigenvalue weighted by molar-refractivity contribution is 6.30. The van der Waals surface area contributed by atoms with Gasteiger partial charge in [-0.15, -0.1) is 0 Å². The molecule has 0 aliphatic heterocycles. The molecule has 3 atom stereocenters. The number of halogens is 1. The van der Waals surface area contributed by atoms with Gasteiger partial charge in [0.2, 0.25) is 0 Å². The lowest BCUT2D eigenvalue weighted by Gasteiger charge is -2.44. The number of rotatable bonds is 4. The van der Waals surface area contributed by atoms with E-state index < -0.39 is 0 Å². The third kappa shape index (κ3) is 2.31.